The lowest BCUT2D eigenvalue weighted by Crippen LogP contribution is -2.21. The molecule has 3 aromatic rings. The van der Waals surface area contributed by atoms with E-state index in [0.717, 1.165) is 4.57 Å². The van der Waals surface area contributed by atoms with Gasteiger partial charge in [-0.05, 0) is 37.3 Å². The highest BCUT2D eigenvalue weighted by Crippen LogP contribution is 2.34. The maximum Gasteiger partial charge on any atom is 0.419 e. The summed E-state index contributed by atoms with van der Waals surface area (Å²) in [6.07, 6.45) is 0.589. The lowest BCUT2D eigenvalue weighted by atomic mass is 10.1. The van der Waals surface area contributed by atoms with Crippen LogP contribution in [0, 0.1) is 0 Å². The van der Waals surface area contributed by atoms with Gasteiger partial charge in [-0.3, -0.25) is 9.59 Å². The molecule has 3 rings (SSSR count). The van der Waals surface area contributed by atoms with Crippen LogP contribution in [0.1, 0.15) is 30.1 Å². The van der Waals surface area contributed by atoms with E-state index in [0.29, 0.717) is 15.9 Å². The molecule has 0 aliphatic rings. The standard InChI is InChI=1S/C18H15ClN2O5/c1-3-25-18(24)21-13-9-11(19)6-7-12(13)15(20-10(2)22)16(21)17(23)14-5-4-8-26-14/h4-9H,3H2,1-2H3,(H,20,22). The molecule has 1 amide bonds. The number of ketones is 1. The summed E-state index contributed by atoms with van der Waals surface area (Å²) in [7, 11) is 0. The van der Waals surface area contributed by atoms with Crippen LogP contribution in [0.3, 0.4) is 0 Å². The number of aromatic nitrogens is 1. The van der Waals surface area contributed by atoms with Gasteiger partial charge in [0.15, 0.2) is 5.76 Å². The van der Waals surface area contributed by atoms with Crippen LogP contribution in [0.25, 0.3) is 10.9 Å². The van der Waals surface area contributed by atoms with E-state index < -0.39 is 17.8 Å². The summed E-state index contributed by atoms with van der Waals surface area (Å²) < 4.78 is 11.4. The Labute approximate surface area is 153 Å². The van der Waals surface area contributed by atoms with Crippen molar-refractivity contribution in [3.63, 3.8) is 0 Å². The molecule has 0 saturated carbocycles. The molecule has 0 atom stereocenters. The van der Waals surface area contributed by atoms with Gasteiger partial charge in [-0.15, -0.1) is 0 Å². The fourth-order valence-electron chi connectivity index (χ4n) is 2.68. The fraction of sp³-hybridized carbons (Fsp3) is 0.167. The van der Waals surface area contributed by atoms with E-state index in [-0.39, 0.29) is 23.7 Å². The molecule has 0 fully saturated rings. The Balaban J connectivity index is 2.37. The molecular weight excluding hydrogens is 360 g/mol. The SMILES string of the molecule is CCOC(=O)n1c(C(=O)c2ccco2)c(NC(C)=O)c2ccc(Cl)cc21. The number of rotatable bonds is 4. The molecular formula is C18H15ClN2O5. The van der Waals surface area contributed by atoms with Gasteiger partial charge in [0.25, 0.3) is 0 Å². The second-order valence-corrected chi connectivity index (χ2v) is 5.84. The summed E-state index contributed by atoms with van der Waals surface area (Å²) in [5, 5.41) is 3.47. The van der Waals surface area contributed by atoms with Crippen molar-refractivity contribution in [2.75, 3.05) is 11.9 Å². The van der Waals surface area contributed by atoms with Crippen molar-refractivity contribution in [3.8, 4) is 0 Å². The molecule has 26 heavy (non-hydrogen) atoms. The van der Waals surface area contributed by atoms with Crippen LogP contribution in [-0.2, 0) is 9.53 Å². The van der Waals surface area contributed by atoms with Crippen LogP contribution in [-0.4, -0.2) is 29.0 Å². The molecule has 1 aromatic carbocycles. The number of amides is 1. The fourth-order valence-corrected chi connectivity index (χ4v) is 2.85. The van der Waals surface area contributed by atoms with Crippen molar-refractivity contribution in [1.29, 1.82) is 0 Å². The summed E-state index contributed by atoms with van der Waals surface area (Å²) in [5.41, 5.74) is 0.471. The zero-order valence-corrected chi connectivity index (χ0v) is 14.8. The third-order valence-corrected chi connectivity index (χ3v) is 3.88. The molecule has 7 nitrogen and oxygen atoms in total. The molecule has 0 aliphatic carbocycles. The minimum atomic E-state index is -0.758. The highest BCUT2D eigenvalue weighted by atomic mass is 35.5. The van der Waals surface area contributed by atoms with E-state index in [4.69, 9.17) is 20.8 Å². The second-order valence-electron chi connectivity index (χ2n) is 5.41. The zero-order valence-electron chi connectivity index (χ0n) is 14.0. The molecule has 0 radical (unpaired) electrons. The van der Waals surface area contributed by atoms with Crippen LogP contribution in [0.2, 0.25) is 5.02 Å². The first kappa shape index (κ1) is 17.8. The van der Waals surface area contributed by atoms with Gasteiger partial charge in [-0.2, -0.15) is 0 Å². The molecule has 0 bridgehead atoms. The van der Waals surface area contributed by atoms with Crippen molar-refractivity contribution in [1.82, 2.24) is 4.57 Å². The predicted octanol–water partition coefficient (Wildman–Crippen LogP) is 4.08. The molecule has 2 aromatic heterocycles. The Bertz CT molecular complexity index is 1000. The molecule has 0 saturated heterocycles. The first-order valence-electron chi connectivity index (χ1n) is 7.81. The Morgan fingerprint density at radius 2 is 2.04 bits per heavy atom. The number of hydrogen-bond donors (Lipinski definition) is 1. The van der Waals surface area contributed by atoms with Gasteiger partial charge in [-0.1, -0.05) is 11.6 Å². The topological polar surface area (TPSA) is 90.5 Å². The summed E-state index contributed by atoms with van der Waals surface area (Å²) in [5.74, 6) is -0.938. The van der Waals surface area contributed by atoms with Crippen LogP contribution in [0.4, 0.5) is 10.5 Å². The van der Waals surface area contributed by atoms with Crippen LogP contribution in [0.5, 0.6) is 0 Å². The van der Waals surface area contributed by atoms with Crippen LogP contribution >= 0.6 is 11.6 Å². The lowest BCUT2D eigenvalue weighted by Gasteiger charge is -2.09. The molecule has 1 N–H and O–H groups in total. The Hall–Kier alpha value is -3.06. The average molecular weight is 375 g/mol. The lowest BCUT2D eigenvalue weighted by molar-refractivity contribution is -0.114. The van der Waals surface area contributed by atoms with E-state index in [1.165, 1.54) is 25.3 Å². The normalized spacial score (nSPS) is 10.7. The van der Waals surface area contributed by atoms with Crippen molar-refractivity contribution >= 4 is 46.0 Å². The summed E-state index contributed by atoms with van der Waals surface area (Å²) >= 11 is 6.06. The first-order chi connectivity index (χ1) is 12.4. The summed E-state index contributed by atoms with van der Waals surface area (Å²) in [4.78, 5) is 37.2. The van der Waals surface area contributed by atoms with E-state index in [1.807, 2.05) is 0 Å². The number of furan rings is 1. The average Bonchev–Trinajstić information content (AvgIpc) is 3.20. The van der Waals surface area contributed by atoms with Crippen molar-refractivity contribution in [2.45, 2.75) is 13.8 Å². The number of fused-ring (bicyclic) bond motifs is 1. The Morgan fingerprint density at radius 3 is 2.65 bits per heavy atom. The van der Waals surface area contributed by atoms with Crippen molar-refractivity contribution in [3.05, 3.63) is 53.1 Å². The summed E-state index contributed by atoms with van der Waals surface area (Å²) in [6.45, 7) is 3.08. The van der Waals surface area contributed by atoms with Crippen molar-refractivity contribution in [2.24, 2.45) is 0 Å². The molecule has 8 heteroatoms. The molecule has 0 spiro atoms. The third-order valence-electron chi connectivity index (χ3n) is 3.64. The zero-order chi connectivity index (χ0) is 18.8. The highest BCUT2D eigenvalue weighted by molar-refractivity contribution is 6.32. The number of nitrogens with zero attached hydrogens (tertiary/aromatic N) is 1. The number of nitrogens with one attached hydrogen (secondary N) is 1. The van der Waals surface area contributed by atoms with Gasteiger partial charge in [0.2, 0.25) is 11.7 Å². The van der Waals surface area contributed by atoms with Gasteiger partial charge in [-0.25, -0.2) is 9.36 Å². The number of benzene rings is 1. The van der Waals surface area contributed by atoms with Gasteiger partial charge in [0.1, 0.15) is 5.69 Å². The maximum absolute atomic E-state index is 13.0. The Kier molecular flexibility index (Phi) is 4.81. The van der Waals surface area contributed by atoms with Crippen LogP contribution in [0.15, 0.2) is 41.0 Å². The predicted molar refractivity (Wildman–Crippen MR) is 95.8 cm³/mol. The molecule has 0 unspecified atom stereocenters. The second kappa shape index (κ2) is 7.05. The molecule has 2 heterocycles. The molecule has 134 valence electrons. The third kappa shape index (κ3) is 3.09. The monoisotopic (exact) mass is 374 g/mol. The largest absolute Gasteiger partial charge is 0.461 e. The number of carbonyl (C=O) groups is 3. The molecule has 0 aliphatic heterocycles. The van der Waals surface area contributed by atoms with Gasteiger partial charge in [0, 0.05) is 17.3 Å². The number of halogens is 1. The number of ether oxygens (including phenoxy) is 1. The smallest absolute Gasteiger partial charge is 0.419 e. The number of anilines is 1. The Morgan fingerprint density at radius 1 is 1.27 bits per heavy atom. The van der Waals surface area contributed by atoms with E-state index in [9.17, 15) is 14.4 Å². The van der Waals surface area contributed by atoms with E-state index in [1.54, 1.807) is 25.1 Å². The van der Waals surface area contributed by atoms with Crippen molar-refractivity contribution < 1.29 is 23.5 Å². The number of hydrogen-bond acceptors (Lipinski definition) is 5. The van der Waals surface area contributed by atoms with Crippen LogP contribution < -0.4 is 5.32 Å². The van der Waals surface area contributed by atoms with Gasteiger partial charge in [0.05, 0.1) is 24.1 Å². The highest BCUT2D eigenvalue weighted by Gasteiger charge is 2.29. The van der Waals surface area contributed by atoms with E-state index >= 15 is 0 Å². The maximum atomic E-state index is 13.0. The quantitative estimate of drug-likeness (QED) is 0.695. The number of carbonyl (C=O) groups excluding carboxylic acids is 3. The summed E-state index contributed by atoms with van der Waals surface area (Å²) in [6, 6.07) is 7.78. The minimum Gasteiger partial charge on any atom is -0.461 e. The minimum absolute atomic E-state index is 0.0241. The van der Waals surface area contributed by atoms with Gasteiger partial charge < -0.3 is 14.5 Å². The van der Waals surface area contributed by atoms with Gasteiger partial charge >= 0.3 is 6.09 Å². The first-order valence-corrected chi connectivity index (χ1v) is 8.18. The van der Waals surface area contributed by atoms with E-state index in [2.05, 4.69) is 5.32 Å².